The molecule has 0 amide bonds. The molecule has 0 spiro atoms. The summed E-state index contributed by atoms with van der Waals surface area (Å²) in [5.41, 5.74) is 9.27. The Hall–Kier alpha value is -3.48. The topological polar surface area (TPSA) is 102 Å². The number of nitrogens with two attached hydrogens (primary N) is 1. The molecule has 0 radical (unpaired) electrons. The molecule has 144 valence electrons. The van der Waals surface area contributed by atoms with Gasteiger partial charge < -0.3 is 20.5 Å². The summed E-state index contributed by atoms with van der Waals surface area (Å²) in [7, 11) is 0. The number of phenols is 2. The summed E-state index contributed by atoms with van der Waals surface area (Å²) in [4.78, 5) is 0. The fraction of sp³-hybridized carbons (Fsp3) is 0.238. The monoisotopic (exact) mass is 377 g/mol. The lowest BCUT2D eigenvalue weighted by Crippen LogP contribution is -2.04. The molecule has 0 saturated heterocycles. The van der Waals surface area contributed by atoms with E-state index in [1.165, 1.54) is 6.07 Å². The van der Waals surface area contributed by atoms with Crippen molar-refractivity contribution >= 4 is 16.9 Å². The van der Waals surface area contributed by atoms with Gasteiger partial charge in [0.05, 0.1) is 16.8 Å². The van der Waals surface area contributed by atoms with Crippen molar-refractivity contribution in [3.8, 4) is 28.6 Å². The van der Waals surface area contributed by atoms with E-state index in [-0.39, 0.29) is 17.4 Å². The summed E-state index contributed by atoms with van der Waals surface area (Å²) in [6.07, 6.45) is 2.67. The largest absolute Gasteiger partial charge is 0.508 e. The van der Waals surface area contributed by atoms with Crippen molar-refractivity contribution in [3.05, 3.63) is 48.2 Å². The van der Waals surface area contributed by atoms with E-state index in [2.05, 4.69) is 34.7 Å². The molecule has 2 aromatic heterocycles. The van der Waals surface area contributed by atoms with Crippen molar-refractivity contribution < 1.29 is 10.2 Å². The average molecular weight is 377 g/mol. The number of hydrogen-bond acceptors (Lipinski definition) is 5. The summed E-state index contributed by atoms with van der Waals surface area (Å²) in [6.45, 7) is 6.20. The van der Waals surface area contributed by atoms with Crippen molar-refractivity contribution in [3.63, 3.8) is 0 Å². The Kier molecular flexibility index (Phi) is 4.22. The van der Waals surface area contributed by atoms with Gasteiger partial charge in [0.15, 0.2) is 5.82 Å². The lowest BCUT2D eigenvalue weighted by atomic mass is 10.1. The van der Waals surface area contributed by atoms with E-state index in [9.17, 15) is 10.2 Å². The number of anilines is 1. The third-order valence-corrected chi connectivity index (χ3v) is 5.04. The normalized spacial score (nSPS) is 11.6. The molecule has 0 aliphatic heterocycles. The van der Waals surface area contributed by atoms with Crippen molar-refractivity contribution in [2.45, 2.75) is 33.2 Å². The number of rotatable bonds is 4. The van der Waals surface area contributed by atoms with Gasteiger partial charge in [0, 0.05) is 23.7 Å². The summed E-state index contributed by atoms with van der Waals surface area (Å²) in [6, 6.07) is 11.4. The van der Waals surface area contributed by atoms with E-state index < -0.39 is 0 Å². The first kappa shape index (κ1) is 17.9. The van der Waals surface area contributed by atoms with E-state index in [1.54, 1.807) is 10.6 Å². The van der Waals surface area contributed by atoms with Crippen LogP contribution in [0.25, 0.3) is 28.0 Å². The van der Waals surface area contributed by atoms with Crippen LogP contribution >= 0.6 is 0 Å². The molecule has 0 aliphatic rings. The molecule has 0 fully saturated rings. The number of aryl methyl sites for hydroxylation is 1. The van der Waals surface area contributed by atoms with Gasteiger partial charge in [-0.15, -0.1) is 10.2 Å². The van der Waals surface area contributed by atoms with E-state index in [0.717, 1.165) is 16.6 Å². The number of fused-ring (bicyclic) bond motifs is 1. The van der Waals surface area contributed by atoms with E-state index in [1.807, 2.05) is 31.3 Å². The molecule has 2 heterocycles. The fourth-order valence-corrected chi connectivity index (χ4v) is 3.61. The van der Waals surface area contributed by atoms with Crippen LogP contribution in [0.15, 0.2) is 42.6 Å². The molecule has 0 unspecified atom stereocenters. The van der Waals surface area contributed by atoms with E-state index >= 15 is 0 Å². The van der Waals surface area contributed by atoms with Crippen molar-refractivity contribution in [2.24, 2.45) is 0 Å². The molecule has 0 aliphatic carbocycles. The SMILES string of the molecule is CCc1cc(-c2nnc(N)n2-c2cccc3c2ccn3C(C)C)c(O)cc1O. The van der Waals surface area contributed by atoms with Gasteiger partial charge in [0.2, 0.25) is 5.95 Å². The highest BCUT2D eigenvalue weighted by molar-refractivity contribution is 5.90. The molecule has 0 saturated carbocycles. The van der Waals surface area contributed by atoms with Gasteiger partial charge in [0.25, 0.3) is 0 Å². The first-order valence-electron chi connectivity index (χ1n) is 9.28. The maximum atomic E-state index is 10.4. The fourth-order valence-electron chi connectivity index (χ4n) is 3.61. The number of nitrogens with zero attached hydrogens (tertiary/aromatic N) is 4. The standard InChI is InChI=1S/C21H23N5O2/c1-4-13-10-15(19(28)11-18(13)27)20-23-24-21(22)26(20)17-7-5-6-16-14(17)8-9-25(16)12(2)3/h5-12,27-28H,4H2,1-3H3,(H2,22,24). The highest BCUT2D eigenvalue weighted by Gasteiger charge is 2.20. The zero-order chi connectivity index (χ0) is 20.0. The Balaban J connectivity index is 1.98. The van der Waals surface area contributed by atoms with Crippen LogP contribution in [-0.2, 0) is 6.42 Å². The van der Waals surface area contributed by atoms with Crippen molar-refractivity contribution in [1.29, 1.82) is 0 Å². The maximum absolute atomic E-state index is 10.4. The summed E-state index contributed by atoms with van der Waals surface area (Å²) in [5.74, 6) is 0.633. The van der Waals surface area contributed by atoms with Crippen LogP contribution in [0, 0.1) is 0 Å². The van der Waals surface area contributed by atoms with Crippen LogP contribution < -0.4 is 5.73 Å². The van der Waals surface area contributed by atoms with Crippen LogP contribution in [0.4, 0.5) is 5.95 Å². The molecule has 7 heteroatoms. The molecule has 7 nitrogen and oxygen atoms in total. The predicted molar refractivity (Wildman–Crippen MR) is 110 cm³/mol. The lowest BCUT2D eigenvalue weighted by molar-refractivity contribution is 0.447. The first-order chi connectivity index (χ1) is 13.4. The minimum absolute atomic E-state index is 0.0545. The Bertz CT molecular complexity index is 1170. The molecule has 4 rings (SSSR count). The number of aromatic hydroxyl groups is 2. The summed E-state index contributed by atoms with van der Waals surface area (Å²) in [5, 5.41) is 29.7. The number of hydrogen-bond donors (Lipinski definition) is 3. The highest BCUT2D eigenvalue weighted by Crippen LogP contribution is 2.37. The third-order valence-electron chi connectivity index (χ3n) is 5.04. The summed E-state index contributed by atoms with van der Waals surface area (Å²) < 4.78 is 3.92. The number of benzene rings is 2. The summed E-state index contributed by atoms with van der Waals surface area (Å²) >= 11 is 0. The molecule has 2 aromatic carbocycles. The van der Waals surface area contributed by atoms with Crippen LogP contribution in [-0.4, -0.2) is 29.5 Å². The Labute approximate surface area is 162 Å². The molecule has 0 bridgehead atoms. The van der Waals surface area contributed by atoms with E-state index in [0.29, 0.717) is 29.4 Å². The molecular formula is C21H23N5O2. The Morgan fingerprint density at radius 1 is 1.07 bits per heavy atom. The first-order valence-corrected chi connectivity index (χ1v) is 9.28. The number of nitrogen functional groups attached to an aromatic ring is 1. The van der Waals surface area contributed by atoms with Gasteiger partial charge in [-0.2, -0.15) is 0 Å². The maximum Gasteiger partial charge on any atom is 0.226 e. The van der Waals surface area contributed by atoms with Crippen LogP contribution in [0.2, 0.25) is 0 Å². The zero-order valence-corrected chi connectivity index (χ0v) is 16.1. The molecule has 4 N–H and O–H groups in total. The van der Waals surface area contributed by atoms with Crippen LogP contribution in [0.3, 0.4) is 0 Å². The lowest BCUT2D eigenvalue weighted by Gasteiger charge is -2.14. The predicted octanol–water partition coefficient (Wildman–Crippen LogP) is 4.03. The van der Waals surface area contributed by atoms with Crippen molar-refractivity contribution in [2.75, 3.05) is 5.73 Å². The van der Waals surface area contributed by atoms with E-state index in [4.69, 9.17) is 5.73 Å². The molecule has 0 atom stereocenters. The van der Waals surface area contributed by atoms with Crippen LogP contribution in [0.5, 0.6) is 11.5 Å². The molecule has 28 heavy (non-hydrogen) atoms. The Morgan fingerprint density at radius 3 is 2.57 bits per heavy atom. The number of phenolic OH excluding ortho intramolecular Hbond substituents is 2. The average Bonchev–Trinajstić information content (AvgIpc) is 3.25. The third kappa shape index (κ3) is 2.67. The Morgan fingerprint density at radius 2 is 1.86 bits per heavy atom. The second-order valence-electron chi connectivity index (χ2n) is 7.10. The van der Waals surface area contributed by atoms with Gasteiger partial charge in [-0.25, -0.2) is 0 Å². The minimum atomic E-state index is -0.0738. The van der Waals surface area contributed by atoms with Gasteiger partial charge in [-0.05, 0) is 50.1 Å². The van der Waals surface area contributed by atoms with Gasteiger partial charge in [-0.3, -0.25) is 4.57 Å². The second-order valence-corrected chi connectivity index (χ2v) is 7.10. The van der Waals surface area contributed by atoms with Gasteiger partial charge in [-0.1, -0.05) is 13.0 Å². The number of aromatic nitrogens is 4. The van der Waals surface area contributed by atoms with Gasteiger partial charge >= 0.3 is 0 Å². The quantitative estimate of drug-likeness (QED) is 0.498. The highest BCUT2D eigenvalue weighted by atomic mass is 16.3. The minimum Gasteiger partial charge on any atom is -0.508 e. The molecular weight excluding hydrogens is 354 g/mol. The van der Waals surface area contributed by atoms with Crippen LogP contribution in [0.1, 0.15) is 32.4 Å². The zero-order valence-electron chi connectivity index (χ0n) is 16.1. The molecule has 4 aromatic rings. The van der Waals surface area contributed by atoms with Crippen molar-refractivity contribution in [1.82, 2.24) is 19.3 Å². The second kappa shape index (κ2) is 6.60. The van der Waals surface area contributed by atoms with Gasteiger partial charge in [0.1, 0.15) is 11.5 Å². The smallest absolute Gasteiger partial charge is 0.226 e.